The van der Waals surface area contributed by atoms with Gasteiger partial charge in [0.25, 0.3) is 0 Å². The molecule has 2 unspecified atom stereocenters. The molecule has 3 atom stereocenters. The smallest absolute Gasteiger partial charge is 0.397 e. The molecule has 2 aromatic rings. The summed E-state index contributed by atoms with van der Waals surface area (Å²) in [4.78, 5) is 51.2. The van der Waals surface area contributed by atoms with Crippen LogP contribution >= 0.6 is 11.6 Å². The van der Waals surface area contributed by atoms with Gasteiger partial charge in [0, 0.05) is 82.1 Å². The lowest BCUT2D eigenvalue weighted by Gasteiger charge is -2.42. The molecule has 5 aliphatic heterocycles. The van der Waals surface area contributed by atoms with E-state index in [4.69, 9.17) is 17.3 Å². The number of alkyl halides is 3. The van der Waals surface area contributed by atoms with Gasteiger partial charge < -0.3 is 30.7 Å². The number of piperidine rings is 2. The van der Waals surface area contributed by atoms with Crippen molar-refractivity contribution in [2.45, 2.75) is 81.8 Å². The molecule has 5 heterocycles. The third-order valence-electron chi connectivity index (χ3n) is 11.7. The molecule has 4 amide bonds. The van der Waals surface area contributed by atoms with Crippen molar-refractivity contribution in [3.8, 4) is 0 Å². The third-order valence-corrected chi connectivity index (χ3v) is 12.0. The molecule has 2 bridgehead atoms. The number of nitrogens with one attached hydrogen (secondary N) is 1. The predicted molar refractivity (Wildman–Crippen MR) is 184 cm³/mol. The van der Waals surface area contributed by atoms with Crippen LogP contribution in [0.4, 0.5) is 29.3 Å². The number of carbonyl (C=O) groups is 3. The summed E-state index contributed by atoms with van der Waals surface area (Å²) in [5, 5.41) is 2.72. The molecule has 3 N–H and O–H groups in total. The lowest BCUT2D eigenvalue weighted by Crippen LogP contribution is -2.54. The van der Waals surface area contributed by atoms with Crippen LogP contribution in [0.25, 0.3) is 0 Å². The van der Waals surface area contributed by atoms with Gasteiger partial charge in [0.15, 0.2) is 0 Å². The molecule has 0 spiro atoms. The second-order valence-electron chi connectivity index (χ2n) is 14.7. The van der Waals surface area contributed by atoms with E-state index in [1.807, 2.05) is 29.2 Å². The van der Waals surface area contributed by atoms with Crippen molar-refractivity contribution >= 4 is 40.8 Å². The normalized spacial score (nSPS) is 24.4. The zero-order chi connectivity index (χ0) is 35.3. The summed E-state index contributed by atoms with van der Waals surface area (Å²) in [5.41, 5.74) is 6.15. The summed E-state index contributed by atoms with van der Waals surface area (Å²) in [6.45, 7) is 4.52. The fourth-order valence-corrected chi connectivity index (χ4v) is 9.10. The van der Waals surface area contributed by atoms with Crippen LogP contribution in [0.3, 0.4) is 0 Å². The van der Waals surface area contributed by atoms with Gasteiger partial charge in [-0.1, -0.05) is 29.8 Å². The topological polar surface area (TPSA) is 105 Å². The second-order valence-corrected chi connectivity index (χ2v) is 15.1. The SMILES string of the molecule is CN1CC2CC1CN2C1CCN(C(=O)[C@H](CC(=O)N2CCC(N3Cc4ccccc4NC3=O)CC2)Cc2cc(Cl)c(N)c(C(F)(F)F)c2)CC1. The molecule has 50 heavy (non-hydrogen) atoms. The summed E-state index contributed by atoms with van der Waals surface area (Å²) in [6, 6.07) is 11.3. The summed E-state index contributed by atoms with van der Waals surface area (Å²) in [6.07, 6.45) is -0.913. The molecule has 5 aliphatic rings. The number of hydrogen-bond acceptors (Lipinski definition) is 6. The molecule has 10 nitrogen and oxygen atoms in total. The summed E-state index contributed by atoms with van der Waals surface area (Å²) < 4.78 is 41.5. The molecule has 7 rings (SSSR count). The second kappa shape index (κ2) is 13.9. The highest BCUT2D eigenvalue weighted by molar-refractivity contribution is 6.33. The monoisotopic (exact) mass is 715 g/mol. The van der Waals surface area contributed by atoms with Crippen LogP contribution in [0.2, 0.25) is 5.02 Å². The van der Waals surface area contributed by atoms with E-state index >= 15 is 0 Å². The zero-order valence-corrected chi connectivity index (χ0v) is 29.1. The molecule has 0 aromatic heterocycles. The summed E-state index contributed by atoms with van der Waals surface area (Å²) >= 11 is 6.16. The Kier molecular flexibility index (Phi) is 9.68. The van der Waals surface area contributed by atoms with Gasteiger partial charge in [-0.15, -0.1) is 0 Å². The van der Waals surface area contributed by atoms with Crippen LogP contribution in [0, 0.1) is 5.92 Å². The number of benzene rings is 2. The minimum Gasteiger partial charge on any atom is -0.397 e. The average molecular weight is 716 g/mol. The lowest BCUT2D eigenvalue weighted by molar-refractivity contribution is -0.143. The largest absolute Gasteiger partial charge is 0.418 e. The van der Waals surface area contributed by atoms with Gasteiger partial charge in [-0.3, -0.25) is 14.5 Å². The van der Waals surface area contributed by atoms with E-state index in [0.29, 0.717) is 63.7 Å². The molecule has 2 aromatic carbocycles. The highest BCUT2D eigenvalue weighted by atomic mass is 35.5. The van der Waals surface area contributed by atoms with E-state index in [9.17, 15) is 27.6 Å². The van der Waals surface area contributed by atoms with Gasteiger partial charge in [-0.2, -0.15) is 13.2 Å². The Morgan fingerprint density at radius 3 is 2.30 bits per heavy atom. The third kappa shape index (κ3) is 7.01. The number of nitrogen functional groups attached to an aromatic ring is 1. The van der Waals surface area contributed by atoms with Gasteiger partial charge in [-0.25, -0.2) is 4.79 Å². The Labute approximate surface area is 295 Å². The molecule has 0 aliphatic carbocycles. The number of carbonyl (C=O) groups excluding carboxylic acids is 3. The van der Waals surface area contributed by atoms with E-state index in [1.54, 1.807) is 9.80 Å². The average Bonchev–Trinajstić information content (AvgIpc) is 3.68. The Bertz CT molecular complexity index is 1620. The number of para-hydroxylation sites is 1. The molecular formula is C36H45ClF3N7O3. The number of likely N-dealkylation sites (tertiary alicyclic amines) is 4. The number of nitrogens with zero attached hydrogens (tertiary/aromatic N) is 5. The first-order chi connectivity index (χ1) is 23.9. The van der Waals surface area contributed by atoms with Crippen LogP contribution in [-0.2, 0) is 28.7 Å². The van der Waals surface area contributed by atoms with Crippen molar-refractivity contribution in [2.75, 3.05) is 57.4 Å². The van der Waals surface area contributed by atoms with Crippen LogP contribution in [0.1, 0.15) is 55.2 Å². The van der Waals surface area contributed by atoms with Crippen LogP contribution < -0.4 is 11.1 Å². The van der Waals surface area contributed by atoms with Crippen molar-refractivity contribution in [1.29, 1.82) is 0 Å². The van der Waals surface area contributed by atoms with Gasteiger partial charge in [0.05, 0.1) is 22.2 Å². The zero-order valence-electron chi connectivity index (χ0n) is 28.3. The summed E-state index contributed by atoms with van der Waals surface area (Å²) in [7, 11) is 2.17. The van der Waals surface area contributed by atoms with E-state index in [-0.39, 0.29) is 47.3 Å². The van der Waals surface area contributed by atoms with Crippen molar-refractivity contribution in [3.05, 3.63) is 58.1 Å². The van der Waals surface area contributed by atoms with Crippen molar-refractivity contribution in [2.24, 2.45) is 5.92 Å². The molecule has 4 fully saturated rings. The van der Waals surface area contributed by atoms with E-state index in [1.165, 1.54) is 12.5 Å². The van der Waals surface area contributed by atoms with Gasteiger partial charge >= 0.3 is 12.2 Å². The molecule has 4 saturated heterocycles. The van der Waals surface area contributed by atoms with Gasteiger partial charge in [0.1, 0.15) is 0 Å². The van der Waals surface area contributed by atoms with E-state index < -0.39 is 23.3 Å². The first-order valence-corrected chi connectivity index (χ1v) is 18.1. The maximum absolute atomic E-state index is 14.2. The van der Waals surface area contributed by atoms with E-state index in [0.717, 1.165) is 43.2 Å². The van der Waals surface area contributed by atoms with Crippen molar-refractivity contribution < 1.29 is 27.6 Å². The maximum atomic E-state index is 14.2. The quantitative estimate of drug-likeness (QED) is 0.395. The van der Waals surface area contributed by atoms with Gasteiger partial charge in [0.2, 0.25) is 11.8 Å². The number of anilines is 2. The fourth-order valence-electron chi connectivity index (χ4n) is 8.86. The lowest BCUT2D eigenvalue weighted by atomic mass is 9.91. The molecule has 270 valence electrons. The number of nitrogens with two attached hydrogens (primary N) is 1. The highest BCUT2D eigenvalue weighted by Crippen LogP contribution is 2.39. The summed E-state index contributed by atoms with van der Waals surface area (Å²) in [5.74, 6) is -1.31. The Hall–Kier alpha value is -3.55. The number of rotatable bonds is 7. The minimum absolute atomic E-state index is 0.0462. The van der Waals surface area contributed by atoms with Crippen molar-refractivity contribution in [3.63, 3.8) is 0 Å². The standard InChI is InChI=1S/C36H45ClF3N7O3/c1-43-20-28-18-27(43)21-46(28)25-8-12-45(13-9-25)34(49)24(14-22-15-29(36(38,39)40)33(41)30(37)16-22)17-32(48)44-10-6-26(7-11-44)47-19-23-4-2-3-5-31(23)42-35(47)50/h2-5,15-16,24-28H,6-14,17-21,41H2,1H3,(H,42,50)/t24-,27?,28?/m0/s1. The van der Waals surface area contributed by atoms with Crippen molar-refractivity contribution in [1.82, 2.24) is 24.5 Å². The van der Waals surface area contributed by atoms with Crippen LogP contribution in [0.15, 0.2) is 36.4 Å². The number of fused-ring (bicyclic) bond motifs is 3. The minimum atomic E-state index is -4.72. The molecule has 0 radical (unpaired) electrons. The van der Waals surface area contributed by atoms with Crippen LogP contribution in [-0.4, -0.2) is 113 Å². The van der Waals surface area contributed by atoms with Gasteiger partial charge in [-0.05, 0) is 74.9 Å². The van der Waals surface area contributed by atoms with Crippen LogP contribution in [0.5, 0.6) is 0 Å². The highest BCUT2D eigenvalue weighted by Gasteiger charge is 2.45. The first kappa shape index (κ1) is 34.9. The Balaban J connectivity index is 1.02. The number of amides is 4. The molecular weight excluding hydrogens is 671 g/mol. The maximum Gasteiger partial charge on any atom is 0.418 e. The molecule has 14 heteroatoms. The Morgan fingerprint density at radius 1 is 0.960 bits per heavy atom. The van der Waals surface area contributed by atoms with E-state index in [2.05, 4.69) is 22.2 Å². The fraction of sp³-hybridized carbons (Fsp3) is 0.583. The number of piperazine rings is 1. The molecule has 0 saturated carbocycles. The number of halogens is 4. The predicted octanol–water partition coefficient (Wildman–Crippen LogP) is 4.91. The number of urea groups is 1. The first-order valence-electron chi connectivity index (χ1n) is 17.7. The Morgan fingerprint density at radius 2 is 1.64 bits per heavy atom. The number of likely N-dealkylation sites (N-methyl/N-ethyl adjacent to an activating group) is 1. The number of hydrogen-bond donors (Lipinski definition) is 2.